The number of nitrogens with one attached hydrogen (secondary N) is 1. The molecule has 0 aromatic rings. The number of hydrogen-bond acceptors (Lipinski definition) is 3. The molecule has 0 aliphatic heterocycles. The second kappa shape index (κ2) is 63.8. The lowest BCUT2D eigenvalue weighted by molar-refractivity contribution is -0.123. The van der Waals surface area contributed by atoms with Crippen LogP contribution in [0.4, 0.5) is 0 Å². The van der Waals surface area contributed by atoms with E-state index < -0.39 is 12.1 Å². The van der Waals surface area contributed by atoms with Crippen molar-refractivity contribution in [2.24, 2.45) is 0 Å². The molecule has 0 spiro atoms. The first kappa shape index (κ1) is 70.5. The standard InChI is InChI=1S/C70H119NO3/c1-3-5-7-9-11-13-15-17-19-21-23-25-26-27-28-29-30-31-32-33-34-35-36-37-38-39-40-41-42-43-44-46-48-50-52-54-56-58-60-62-64-66-70(74)71-68(67-72)69(73)65-63-61-59-57-55-53-51-49-47-45-24-22-20-18-16-14-12-10-8-6-4-2/h5,7,11,13,17,19,23,25,27-28,30-31,33-34,36-37,39-40,42-43,63,65,68-69,72-73H,3-4,6,8-10,12,14-16,18,20-22,24,26,29,32,35,38,41,44-62,64,66-67H2,1-2H3,(H,71,74)/b7-5-,13-11-,19-17-,25-23-,28-27-,31-30-,34-33-,37-36-,40-39-,43-42-,65-63+. The summed E-state index contributed by atoms with van der Waals surface area (Å²) in [5.74, 6) is -0.0715. The molecule has 2 atom stereocenters. The fraction of sp³-hybridized carbons (Fsp3) is 0.671. The highest BCUT2D eigenvalue weighted by atomic mass is 16.3. The second-order valence-corrected chi connectivity index (χ2v) is 20.7. The highest BCUT2D eigenvalue weighted by molar-refractivity contribution is 5.76. The number of aliphatic hydroxyl groups is 2. The van der Waals surface area contributed by atoms with Crippen LogP contribution in [0, 0.1) is 0 Å². The zero-order chi connectivity index (χ0) is 53.4. The van der Waals surface area contributed by atoms with E-state index in [1.165, 1.54) is 173 Å². The van der Waals surface area contributed by atoms with Gasteiger partial charge >= 0.3 is 0 Å². The number of carbonyl (C=O) groups is 1. The monoisotopic (exact) mass is 1020 g/mol. The molecule has 0 aromatic carbocycles. The first-order valence-electron chi connectivity index (χ1n) is 31.4. The van der Waals surface area contributed by atoms with Crippen molar-refractivity contribution >= 4 is 5.91 Å². The van der Waals surface area contributed by atoms with E-state index >= 15 is 0 Å². The third-order valence-electron chi connectivity index (χ3n) is 13.6. The Kier molecular flexibility index (Phi) is 60.8. The normalized spacial score (nSPS) is 13.7. The Hall–Kier alpha value is -3.47. The first-order chi connectivity index (χ1) is 36.7. The van der Waals surface area contributed by atoms with Crippen LogP contribution in [0.2, 0.25) is 0 Å². The zero-order valence-corrected chi connectivity index (χ0v) is 48.6. The molecule has 3 N–H and O–H groups in total. The minimum Gasteiger partial charge on any atom is -0.394 e. The van der Waals surface area contributed by atoms with Gasteiger partial charge in [-0.2, -0.15) is 0 Å². The van der Waals surface area contributed by atoms with Gasteiger partial charge in [0.15, 0.2) is 0 Å². The van der Waals surface area contributed by atoms with Gasteiger partial charge in [-0.3, -0.25) is 4.79 Å². The summed E-state index contributed by atoms with van der Waals surface area (Å²) in [5.41, 5.74) is 0. The number of rotatable bonds is 56. The number of aliphatic hydroxyl groups excluding tert-OH is 2. The van der Waals surface area contributed by atoms with Crippen molar-refractivity contribution in [1.82, 2.24) is 5.32 Å². The molecule has 0 saturated carbocycles. The lowest BCUT2D eigenvalue weighted by Crippen LogP contribution is -2.45. The number of hydrogen-bond donors (Lipinski definition) is 3. The zero-order valence-electron chi connectivity index (χ0n) is 48.6. The van der Waals surface area contributed by atoms with E-state index in [1.807, 2.05) is 6.08 Å². The smallest absolute Gasteiger partial charge is 0.220 e. The molecule has 0 aliphatic rings. The average Bonchev–Trinajstić information content (AvgIpc) is 3.40. The van der Waals surface area contributed by atoms with Crippen molar-refractivity contribution < 1.29 is 15.0 Å². The van der Waals surface area contributed by atoms with Gasteiger partial charge in [-0.15, -0.1) is 0 Å². The van der Waals surface area contributed by atoms with Crippen LogP contribution < -0.4 is 5.32 Å². The summed E-state index contributed by atoms with van der Waals surface area (Å²) in [4.78, 5) is 12.5. The maximum atomic E-state index is 12.5. The minimum absolute atomic E-state index is 0.0715. The third kappa shape index (κ3) is 59.4. The van der Waals surface area contributed by atoms with Crippen LogP contribution in [0.25, 0.3) is 0 Å². The summed E-state index contributed by atoms with van der Waals surface area (Å²) >= 11 is 0. The molecule has 0 saturated heterocycles. The van der Waals surface area contributed by atoms with Gasteiger partial charge in [-0.25, -0.2) is 0 Å². The molecular formula is C70H119NO3. The molecule has 0 aromatic heterocycles. The van der Waals surface area contributed by atoms with Gasteiger partial charge in [0.2, 0.25) is 5.91 Å². The largest absolute Gasteiger partial charge is 0.394 e. The van der Waals surface area contributed by atoms with Crippen LogP contribution in [-0.4, -0.2) is 34.9 Å². The van der Waals surface area contributed by atoms with Gasteiger partial charge < -0.3 is 15.5 Å². The van der Waals surface area contributed by atoms with E-state index in [9.17, 15) is 15.0 Å². The average molecular weight is 1020 g/mol. The van der Waals surface area contributed by atoms with Crippen LogP contribution in [-0.2, 0) is 4.79 Å². The predicted octanol–water partition coefficient (Wildman–Crippen LogP) is 21.4. The van der Waals surface area contributed by atoms with Crippen molar-refractivity contribution in [1.29, 1.82) is 0 Å². The summed E-state index contributed by atoms with van der Waals surface area (Å²) < 4.78 is 0. The molecule has 0 radical (unpaired) electrons. The lowest BCUT2D eigenvalue weighted by atomic mass is 10.0. The first-order valence-corrected chi connectivity index (χ1v) is 31.4. The van der Waals surface area contributed by atoms with Crippen LogP contribution in [0.15, 0.2) is 134 Å². The van der Waals surface area contributed by atoms with Crippen molar-refractivity contribution in [3.8, 4) is 0 Å². The molecule has 0 rings (SSSR count). The molecular weight excluding hydrogens is 903 g/mol. The topological polar surface area (TPSA) is 69.6 Å². The highest BCUT2D eigenvalue weighted by Gasteiger charge is 2.18. The number of amides is 1. The number of carbonyl (C=O) groups excluding carboxylic acids is 1. The Morgan fingerprint density at radius 1 is 0.338 bits per heavy atom. The summed E-state index contributed by atoms with van der Waals surface area (Å²) in [6.07, 6.45) is 99.1. The van der Waals surface area contributed by atoms with Gasteiger partial charge in [-0.1, -0.05) is 314 Å². The SMILES string of the molecule is CC/C=C\C/C=C\C/C=C\C/C=C\C/C=C\C/C=C\C/C=C\C/C=C\C/C=C\C/C=C\CCCCCCCCCCCCC(=O)NC(CO)C(O)/C=C/CCCCCCCCCCCCCCCCCCCCC. The summed E-state index contributed by atoms with van der Waals surface area (Å²) in [6, 6.07) is -0.634. The summed E-state index contributed by atoms with van der Waals surface area (Å²) in [7, 11) is 0. The Bertz CT molecular complexity index is 1490. The van der Waals surface area contributed by atoms with Gasteiger partial charge in [-0.05, 0) is 96.3 Å². The minimum atomic E-state index is -0.850. The fourth-order valence-electron chi connectivity index (χ4n) is 8.91. The van der Waals surface area contributed by atoms with Crippen LogP contribution in [0.1, 0.15) is 284 Å². The van der Waals surface area contributed by atoms with Crippen molar-refractivity contribution in [2.75, 3.05) is 6.61 Å². The van der Waals surface area contributed by atoms with Crippen LogP contribution >= 0.6 is 0 Å². The molecule has 4 nitrogen and oxygen atoms in total. The molecule has 0 bridgehead atoms. The molecule has 4 heteroatoms. The van der Waals surface area contributed by atoms with Crippen molar-refractivity contribution in [3.63, 3.8) is 0 Å². The van der Waals surface area contributed by atoms with Gasteiger partial charge in [0.25, 0.3) is 0 Å². The molecule has 0 heterocycles. The van der Waals surface area contributed by atoms with Crippen LogP contribution in [0.3, 0.4) is 0 Å². The van der Waals surface area contributed by atoms with Gasteiger partial charge in [0, 0.05) is 6.42 Å². The summed E-state index contributed by atoms with van der Waals surface area (Å²) in [5, 5.41) is 23.2. The Morgan fingerprint density at radius 3 is 0.892 bits per heavy atom. The molecule has 0 aliphatic carbocycles. The van der Waals surface area contributed by atoms with Gasteiger partial charge in [0.1, 0.15) is 0 Å². The third-order valence-corrected chi connectivity index (χ3v) is 13.6. The fourth-order valence-corrected chi connectivity index (χ4v) is 8.91. The quantitative estimate of drug-likeness (QED) is 0.0420. The maximum Gasteiger partial charge on any atom is 0.220 e. The van der Waals surface area contributed by atoms with Crippen LogP contribution in [0.5, 0.6) is 0 Å². The van der Waals surface area contributed by atoms with E-state index in [1.54, 1.807) is 6.08 Å². The second-order valence-electron chi connectivity index (χ2n) is 20.7. The molecule has 2 unspecified atom stereocenters. The lowest BCUT2D eigenvalue weighted by Gasteiger charge is -2.20. The Morgan fingerprint density at radius 2 is 0.595 bits per heavy atom. The highest BCUT2D eigenvalue weighted by Crippen LogP contribution is 2.16. The molecule has 0 fully saturated rings. The molecule has 74 heavy (non-hydrogen) atoms. The number of allylic oxidation sites excluding steroid dienone is 21. The van der Waals surface area contributed by atoms with E-state index in [0.29, 0.717) is 6.42 Å². The summed E-state index contributed by atoms with van der Waals surface area (Å²) in [6.45, 7) is 4.20. The Labute approximate surface area is 460 Å². The van der Waals surface area contributed by atoms with E-state index in [0.717, 1.165) is 89.9 Å². The van der Waals surface area contributed by atoms with E-state index in [4.69, 9.17) is 0 Å². The van der Waals surface area contributed by atoms with Crippen molar-refractivity contribution in [3.05, 3.63) is 134 Å². The Balaban J connectivity index is 3.60. The maximum absolute atomic E-state index is 12.5. The van der Waals surface area contributed by atoms with E-state index in [2.05, 4.69) is 141 Å². The number of unbranched alkanes of at least 4 members (excludes halogenated alkanes) is 29. The van der Waals surface area contributed by atoms with Gasteiger partial charge in [0.05, 0.1) is 18.8 Å². The van der Waals surface area contributed by atoms with Crippen molar-refractivity contribution in [2.45, 2.75) is 296 Å². The molecule has 1 amide bonds. The van der Waals surface area contributed by atoms with E-state index in [-0.39, 0.29) is 12.5 Å². The predicted molar refractivity (Wildman–Crippen MR) is 331 cm³/mol. The molecule has 422 valence electrons.